The molecule has 0 aromatic rings. The van der Waals surface area contributed by atoms with Gasteiger partial charge in [0.25, 0.3) is 0 Å². The van der Waals surface area contributed by atoms with Gasteiger partial charge < -0.3 is 5.32 Å². The van der Waals surface area contributed by atoms with Crippen LogP contribution in [-0.2, 0) is 0 Å². The van der Waals surface area contributed by atoms with E-state index in [1.54, 1.807) is 0 Å². The van der Waals surface area contributed by atoms with Crippen LogP contribution in [0.1, 0.15) is 72.6 Å². The highest BCUT2D eigenvalue weighted by atomic mass is 15.2. The van der Waals surface area contributed by atoms with Gasteiger partial charge in [0.2, 0.25) is 0 Å². The van der Waals surface area contributed by atoms with Crippen LogP contribution in [0.25, 0.3) is 0 Å². The minimum Gasteiger partial charge on any atom is -0.312 e. The van der Waals surface area contributed by atoms with Crippen LogP contribution in [0.4, 0.5) is 0 Å². The quantitative estimate of drug-likeness (QED) is 0.813. The van der Waals surface area contributed by atoms with E-state index in [0.29, 0.717) is 0 Å². The second-order valence-corrected chi connectivity index (χ2v) is 8.02. The second kappa shape index (κ2) is 8.53. The third-order valence-corrected chi connectivity index (χ3v) is 5.95. The van der Waals surface area contributed by atoms with Gasteiger partial charge in [0.15, 0.2) is 0 Å². The summed E-state index contributed by atoms with van der Waals surface area (Å²) in [5, 5.41) is 3.85. The van der Waals surface area contributed by atoms with E-state index in [1.807, 2.05) is 0 Å². The Morgan fingerprint density at radius 1 is 1.10 bits per heavy atom. The van der Waals surface area contributed by atoms with Crippen molar-refractivity contribution in [2.75, 3.05) is 19.6 Å². The van der Waals surface area contributed by atoms with E-state index in [4.69, 9.17) is 0 Å². The molecule has 124 valence electrons. The summed E-state index contributed by atoms with van der Waals surface area (Å²) in [6, 6.07) is 1.54. The molecular formula is C19H38N2. The largest absolute Gasteiger partial charge is 0.312 e. The van der Waals surface area contributed by atoms with Gasteiger partial charge in [-0.15, -0.1) is 0 Å². The van der Waals surface area contributed by atoms with Crippen molar-refractivity contribution in [2.24, 2.45) is 17.8 Å². The van der Waals surface area contributed by atoms with Crippen molar-refractivity contribution in [3.05, 3.63) is 0 Å². The van der Waals surface area contributed by atoms with Crippen LogP contribution >= 0.6 is 0 Å². The first kappa shape index (κ1) is 17.3. The first-order valence-corrected chi connectivity index (χ1v) is 9.59. The molecule has 21 heavy (non-hydrogen) atoms. The van der Waals surface area contributed by atoms with E-state index in [0.717, 1.165) is 29.8 Å². The van der Waals surface area contributed by atoms with Gasteiger partial charge in [0.1, 0.15) is 0 Å². The molecule has 0 aromatic carbocycles. The maximum absolute atomic E-state index is 3.85. The van der Waals surface area contributed by atoms with Crippen molar-refractivity contribution in [1.29, 1.82) is 0 Å². The van der Waals surface area contributed by atoms with Crippen molar-refractivity contribution < 1.29 is 0 Å². The van der Waals surface area contributed by atoms with Crippen LogP contribution in [-0.4, -0.2) is 36.6 Å². The number of rotatable bonds is 5. The van der Waals surface area contributed by atoms with Crippen LogP contribution in [0.3, 0.4) is 0 Å². The molecule has 2 heteroatoms. The number of nitrogens with one attached hydrogen (secondary N) is 1. The van der Waals surface area contributed by atoms with Crippen molar-refractivity contribution in [3.63, 3.8) is 0 Å². The minimum absolute atomic E-state index is 0.747. The van der Waals surface area contributed by atoms with Crippen molar-refractivity contribution >= 4 is 0 Å². The lowest BCUT2D eigenvalue weighted by Crippen LogP contribution is -2.53. The number of hydrogen-bond acceptors (Lipinski definition) is 2. The molecule has 0 aromatic heterocycles. The Hall–Kier alpha value is -0.0800. The zero-order valence-corrected chi connectivity index (χ0v) is 14.9. The summed E-state index contributed by atoms with van der Waals surface area (Å²) in [5.41, 5.74) is 0. The van der Waals surface area contributed by atoms with E-state index in [2.05, 4.69) is 37.9 Å². The van der Waals surface area contributed by atoms with E-state index >= 15 is 0 Å². The summed E-state index contributed by atoms with van der Waals surface area (Å²) < 4.78 is 0. The zero-order chi connectivity index (χ0) is 15.2. The first-order valence-electron chi connectivity index (χ1n) is 9.59. The first-order chi connectivity index (χ1) is 10.1. The fourth-order valence-corrected chi connectivity index (χ4v) is 4.46. The minimum atomic E-state index is 0.747. The molecule has 1 saturated carbocycles. The molecule has 4 atom stereocenters. The number of nitrogens with zero attached hydrogens (tertiary/aromatic N) is 1. The van der Waals surface area contributed by atoms with Crippen LogP contribution in [0.5, 0.6) is 0 Å². The fraction of sp³-hybridized carbons (Fsp3) is 1.00. The van der Waals surface area contributed by atoms with E-state index in [1.165, 1.54) is 64.6 Å². The van der Waals surface area contributed by atoms with Crippen molar-refractivity contribution in [3.8, 4) is 0 Å². The van der Waals surface area contributed by atoms with Gasteiger partial charge in [-0.1, -0.05) is 27.7 Å². The summed E-state index contributed by atoms with van der Waals surface area (Å²) in [6.07, 6.45) is 9.75. The second-order valence-electron chi connectivity index (χ2n) is 8.02. The highest BCUT2D eigenvalue weighted by Crippen LogP contribution is 2.31. The number of likely N-dealkylation sites (tertiary alicyclic amines) is 1. The van der Waals surface area contributed by atoms with E-state index in [9.17, 15) is 0 Å². The van der Waals surface area contributed by atoms with Crippen LogP contribution < -0.4 is 5.32 Å². The zero-order valence-electron chi connectivity index (χ0n) is 14.9. The van der Waals surface area contributed by atoms with Gasteiger partial charge in [0, 0.05) is 12.1 Å². The van der Waals surface area contributed by atoms with Gasteiger partial charge in [0.05, 0.1) is 0 Å². The highest BCUT2D eigenvalue weighted by Gasteiger charge is 2.33. The summed E-state index contributed by atoms with van der Waals surface area (Å²) in [6.45, 7) is 13.4. The molecule has 1 aliphatic heterocycles. The molecule has 2 fully saturated rings. The van der Waals surface area contributed by atoms with E-state index in [-0.39, 0.29) is 0 Å². The lowest BCUT2D eigenvalue weighted by Gasteiger charge is -2.42. The third-order valence-electron chi connectivity index (χ3n) is 5.95. The van der Waals surface area contributed by atoms with E-state index < -0.39 is 0 Å². The Labute approximate surface area is 133 Å². The summed E-state index contributed by atoms with van der Waals surface area (Å²) in [4.78, 5) is 2.85. The monoisotopic (exact) mass is 294 g/mol. The lowest BCUT2D eigenvalue weighted by atomic mass is 9.82. The molecule has 0 bridgehead atoms. The Morgan fingerprint density at radius 3 is 2.62 bits per heavy atom. The van der Waals surface area contributed by atoms with Gasteiger partial charge in [-0.05, 0) is 82.3 Å². The van der Waals surface area contributed by atoms with Crippen LogP contribution in [0.15, 0.2) is 0 Å². The Kier molecular flexibility index (Phi) is 7.01. The maximum atomic E-state index is 3.85. The molecule has 1 saturated heterocycles. The average molecular weight is 295 g/mol. The molecule has 2 rings (SSSR count). The van der Waals surface area contributed by atoms with Gasteiger partial charge in [-0.2, -0.15) is 0 Å². The Bertz CT molecular complexity index is 287. The molecule has 1 heterocycles. The van der Waals surface area contributed by atoms with Crippen molar-refractivity contribution in [1.82, 2.24) is 10.2 Å². The van der Waals surface area contributed by atoms with Crippen LogP contribution in [0, 0.1) is 17.8 Å². The molecule has 1 aliphatic carbocycles. The summed E-state index contributed by atoms with van der Waals surface area (Å²) in [7, 11) is 0. The Balaban J connectivity index is 1.95. The standard InChI is InChI=1S/C19H38N2/c1-5-11-20-18-9-8-16(4)14-19(18)21-12-6-7-17(10-13-21)15(2)3/h15-20H,5-14H2,1-4H3. The smallest absolute Gasteiger partial charge is 0.0251 e. The predicted molar refractivity (Wildman–Crippen MR) is 92.6 cm³/mol. The van der Waals surface area contributed by atoms with Gasteiger partial charge in [-0.3, -0.25) is 4.90 Å². The topological polar surface area (TPSA) is 15.3 Å². The maximum Gasteiger partial charge on any atom is 0.0251 e. The van der Waals surface area contributed by atoms with Crippen molar-refractivity contribution in [2.45, 2.75) is 84.7 Å². The molecule has 0 amide bonds. The molecule has 0 spiro atoms. The lowest BCUT2D eigenvalue weighted by molar-refractivity contribution is 0.102. The van der Waals surface area contributed by atoms with Gasteiger partial charge >= 0.3 is 0 Å². The third kappa shape index (κ3) is 4.96. The molecule has 4 unspecified atom stereocenters. The summed E-state index contributed by atoms with van der Waals surface area (Å²) in [5.74, 6) is 2.74. The summed E-state index contributed by atoms with van der Waals surface area (Å²) >= 11 is 0. The average Bonchev–Trinajstić information content (AvgIpc) is 2.72. The molecular weight excluding hydrogens is 256 g/mol. The predicted octanol–water partition coefficient (Wildman–Crippen LogP) is 4.30. The number of hydrogen-bond donors (Lipinski definition) is 1. The SMILES string of the molecule is CCCNC1CCC(C)CC1N1CCCC(C(C)C)CC1. The normalized spacial score (nSPS) is 35.9. The molecule has 2 nitrogen and oxygen atoms in total. The fourth-order valence-electron chi connectivity index (χ4n) is 4.46. The molecule has 0 radical (unpaired) electrons. The molecule has 2 aliphatic rings. The molecule has 1 N–H and O–H groups in total. The van der Waals surface area contributed by atoms with Crippen LogP contribution in [0.2, 0.25) is 0 Å². The van der Waals surface area contributed by atoms with Gasteiger partial charge in [-0.25, -0.2) is 0 Å². The highest BCUT2D eigenvalue weighted by molar-refractivity contribution is 4.91. The Morgan fingerprint density at radius 2 is 1.90 bits per heavy atom.